The third kappa shape index (κ3) is 4.74. The lowest BCUT2D eigenvalue weighted by Gasteiger charge is -2.26. The summed E-state index contributed by atoms with van der Waals surface area (Å²) in [5.74, 6) is -0.903. The first kappa shape index (κ1) is 18.0. The minimum absolute atomic E-state index is 0.0726. The van der Waals surface area contributed by atoms with Gasteiger partial charge in [-0.15, -0.1) is 0 Å². The van der Waals surface area contributed by atoms with Crippen molar-refractivity contribution in [3.05, 3.63) is 26.8 Å². The van der Waals surface area contributed by atoms with Gasteiger partial charge >= 0.3 is 12.0 Å². The van der Waals surface area contributed by atoms with E-state index in [1.807, 2.05) is 6.07 Å². The summed E-state index contributed by atoms with van der Waals surface area (Å²) in [4.78, 5) is 23.2. The molecule has 0 radical (unpaired) electrons. The van der Waals surface area contributed by atoms with Gasteiger partial charge in [0.25, 0.3) is 0 Å². The van der Waals surface area contributed by atoms with Crippen LogP contribution in [0.2, 0.25) is 5.02 Å². The Morgan fingerprint density at radius 1 is 1.33 bits per heavy atom. The standard InChI is InChI=1S/C14H18ClIN2O3/c1-3-14(4-2,12(19)20)8-17-13(21)18-11-6-5-9(16)7-10(11)15/h5-7H,3-4,8H2,1-2H3,(H,19,20)(H2,17,18,21). The molecule has 0 atom stereocenters. The van der Waals surface area contributed by atoms with E-state index in [1.54, 1.807) is 26.0 Å². The number of benzene rings is 1. The lowest BCUT2D eigenvalue weighted by atomic mass is 9.82. The van der Waals surface area contributed by atoms with Crippen molar-refractivity contribution in [2.75, 3.05) is 11.9 Å². The zero-order valence-electron chi connectivity index (χ0n) is 11.9. The molecular formula is C14H18ClIN2O3. The molecule has 1 aromatic carbocycles. The molecular weight excluding hydrogens is 407 g/mol. The molecule has 2 amide bonds. The van der Waals surface area contributed by atoms with E-state index in [-0.39, 0.29) is 6.54 Å². The molecule has 7 heteroatoms. The number of carbonyl (C=O) groups excluding carboxylic acids is 1. The number of amides is 2. The van der Waals surface area contributed by atoms with Crippen molar-refractivity contribution in [1.82, 2.24) is 5.32 Å². The minimum atomic E-state index is -0.937. The summed E-state index contributed by atoms with van der Waals surface area (Å²) in [6.07, 6.45) is 0.896. The molecule has 1 rings (SSSR count). The van der Waals surface area contributed by atoms with E-state index in [9.17, 15) is 14.7 Å². The number of aliphatic carboxylic acids is 1. The van der Waals surface area contributed by atoms with Crippen LogP contribution in [-0.2, 0) is 4.79 Å². The normalized spacial score (nSPS) is 11.0. The molecule has 0 aliphatic rings. The average Bonchev–Trinajstić information content (AvgIpc) is 2.43. The van der Waals surface area contributed by atoms with Crippen LogP contribution >= 0.6 is 34.2 Å². The Bertz CT molecular complexity index is 533. The Balaban J connectivity index is 2.67. The molecule has 21 heavy (non-hydrogen) atoms. The highest BCUT2D eigenvalue weighted by atomic mass is 127. The second-order valence-electron chi connectivity index (χ2n) is 4.72. The van der Waals surface area contributed by atoms with Gasteiger partial charge in [-0.25, -0.2) is 4.79 Å². The first-order valence-electron chi connectivity index (χ1n) is 6.58. The molecule has 0 heterocycles. The summed E-state index contributed by atoms with van der Waals surface area (Å²) < 4.78 is 0.963. The summed E-state index contributed by atoms with van der Waals surface area (Å²) >= 11 is 8.15. The molecule has 0 spiro atoms. The number of hydrogen-bond donors (Lipinski definition) is 3. The molecule has 116 valence electrons. The fourth-order valence-corrected chi connectivity index (χ4v) is 2.79. The maximum absolute atomic E-state index is 11.9. The van der Waals surface area contributed by atoms with E-state index in [1.165, 1.54) is 0 Å². The number of rotatable bonds is 6. The van der Waals surface area contributed by atoms with Crippen LogP contribution in [0.15, 0.2) is 18.2 Å². The fraction of sp³-hybridized carbons (Fsp3) is 0.429. The highest BCUT2D eigenvalue weighted by Crippen LogP contribution is 2.26. The number of nitrogens with one attached hydrogen (secondary N) is 2. The van der Waals surface area contributed by atoms with Crippen LogP contribution in [0.3, 0.4) is 0 Å². The van der Waals surface area contributed by atoms with Gasteiger partial charge in [-0.3, -0.25) is 4.79 Å². The molecule has 0 aliphatic carbocycles. The second-order valence-corrected chi connectivity index (χ2v) is 6.38. The SMILES string of the molecule is CCC(CC)(CNC(=O)Nc1ccc(I)cc1Cl)C(=O)O. The van der Waals surface area contributed by atoms with E-state index in [4.69, 9.17) is 11.6 Å². The van der Waals surface area contributed by atoms with Gasteiger partial charge in [0.1, 0.15) is 0 Å². The van der Waals surface area contributed by atoms with Crippen molar-refractivity contribution < 1.29 is 14.7 Å². The maximum Gasteiger partial charge on any atom is 0.319 e. The Labute approximate surface area is 142 Å². The van der Waals surface area contributed by atoms with Crippen LogP contribution in [0.1, 0.15) is 26.7 Å². The zero-order chi connectivity index (χ0) is 16.0. The minimum Gasteiger partial charge on any atom is -0.481 e. The van der Waals surface area contributed by atoms with Gasteiger partial charge in [0.15, 0.2) is 0 Å². The van der Waals surface area contributed by atoms with Crippen LogP contribution in [0, 0.1) is 8.99 Å². The summed E-state index contributed by atoms with van der Waals surface area (Å²) in [5.41, 5.74) is -0.448. The molecule has 1 aromatic rings. The van der Waals surface area contributed by atoms with E-state index in [0.29, 0.717) is 23.6 Å². The fourth-order valence-electron chi connectivity index (χ4n) is 1.88. The van der Waals surface area contributed by atoms with E-state index < -0.39 is 17.4 Å². The van der Waals surface area contributed by atoms with Crippen molar-refractivity contribution >= 4 is 51.9 Å². The van der Waals surface area contributed by atoms with Gasteiger partial charge in [-0.1, -0.05) is 25.4 Å². The van der Waals surface area contributed by atoms with Crippen LogP contribution in [0.25, 0.3) is 0 Å². The van der Waals surface area contributed by atoms with Gasteiger partial charge in [0.05, 0.1) is 16.1 Å². The molecule has 0 fully saturated rings. The third-order valence-corrected chi connectivity index (χ3v) is 4.56. The zero-order valence-corrected chi connectivity index (χ0v) is 14.8. The van der Waals surface area contributed by atoms with E-state index >= 15 is 0 Å². The average molecular weight is 425 g/mol. The van der Waals surface area contributed by atoms with Gasteiger partial charge in [-0.2, -0.15) is 0 Å². The Kier molecular flexibility index (Phi) is 6.73. The van der Waals surface area contributed by atoms with E-state index in [2.05, 4.69) is 33.2 Å². The number of urea groups is 1. The van der Waals surface area contributed by atoms with Crippen LogP contribution in [-0.4, -0.2) is 23.7 Å². The summed E-state index contributed by atoms with van der Waals surface area (Å²) in [5, 5.41) is 15.0. The van der Waals surface area contributed by atoms with Gasteiger partial charge in [0, 0.05) is 10.1 Å². The molecule has 0 saturated heterocycles. The first-order chi connectivity index (χ1) is 9.84. The largest absolute Gasteiger partial charge is 0.481 e. The van der Waals surface area contributed by atoms with Gasteiger partial charge in [-0.05, 0) is 53.6 Å². The number of anilines is 1. The molecule has 5 nitrogen and oxygen atoms in total. The monoisotopic (exact) mass is 424 g/mol. The van der Waals surface area contributed by atoms with Crippen molar-refractivity contribution in [2.45, 2.75) is 26.7 Å². The third-order valence-electron chi connectivity index (χ3n) is 3.57. The van der Waals surface area contributed by atoms with Crippen molar-refractivity contribution in [3.8, 4) is 0 Å². The maximum atomic E-state index is 11.9. The van der Waals surface area contributed by atoms with Gasteiger partial charge < -0.3 is 15.7 Å². The predicted molar refractivity (Wildman–Crippen MR) is 91.8 cm³/mol. The van der Waals surface area contributed by atoms with Crippen LogP contribution < -0.4 is 10.6 Å². The lowest BCUT2D eigenvalue weighted by Crippen LogP contribution is -2.43. The summed E-state index contributed by atoms with van der Waals surface area (Å²) in [6, 6.07) is 4.79. The Hall–Kier alpha value is -1.02. The van der Waals surface area contributed by atoms with E-state index in [0.717, 1.165) is 3.57 Å². The quantitative estimate of drug-likeness (QED) is 0.605. The van der Waals surface area contributed by atoms with Crippen molar-refractivity contribution in [2.24, 2.45) is 5.41 Å². The smallest absolute Gasteiger partial charge is 0.319 e. The molecule has 3 N–H and O–H groups in total. The molecule has 0 aromatic heterocycles. The highest BCUT2D eigenvalue weighted by molar-refractivity contribution is 14.1. The Morgan fingerprint density at radius 2 is 1.95 bits per heavy atom. The number of carboxylic acid groups (broad SMARTS) is 1. The molecule has 0 saturated carbocycles. The Morgan fingerprint density at radius 3 is 2.43 bits per heavy atom. The molecule has 0 bridgehead atoms. The summed E-state index contributed by atoms with van der Waals surface area (Å²) in [7, 11) is 0. The predicted octanol–water partition coefficient (Wildman–Crippen LogP) is 3.96. The first-order valence-corrected chi connectivity index (χ1v) is 8.03. The molecule has 0 aliphatic heterocycles. The lowest BCUT2D eigenvalue weighted by molar-refractivity contribution is -0.149. The van der Waals surface area contributed by atoms with Crippen LogP contribution in [0.4, 0.5) is 10.5 Å². The van der Waals surface area contributed by atoms with Crippen LogP contribution in [0.5, 0.6) is 0 Å². The van der Waals surface area contributed by atoms with Crippen molar-refractivity contribution in [3.63, 3.8) is 0 Å². The number of halogens is 2. The molecule has 0 unspecified atom stereocenters. The van der Waals surface area contributed by atoms with Gasteiger partial charge in [0.2, 0.25) is 0 Å². The highest BCUT2D eigenvalue weighted by Gasteiger charge is 2.35. The number of carbonyl (C=O) groups is 2. The van der Waals surface area contributed by atoms with Crippen molar-refractivity contribution in [1.29, 1.82) is 0 Å². The number of carboxylic acids is 1. The second kappa shape index (κ2) is 7.84. The topological polar surface area (TPSA) is 78.4 Å². The number of hydrogen-bond acceptors (Lipinski definition) is 2. The summed E-state index contributed by atoms with van der Waals surface area (Å²) in [6.45, 7) is 3.67.